The van der Waals surface area contributed by atoms with Gasteiger partial charge in [-0.1, -0.05) is 11.8 Å². The Morgan fingerprint density at radius 3 is 2.88 bits per heavy atom. The number of thioether (sulfide) groups is 2. The Kier molecular flexibility index (Phi) is 5.85. The maximum Gasteiger partial charge on any atom is 0.190 e. The van der Waals surface area contributed by atoms with Gasteiger partial charge in [0, 0.05) is 11.8 Å². The van der Waals surface area contributed by atoms with E-state index in [4.69, 9.17) is 10.9 Å². The van der Waals surface area contributed by atoms with Crippen molar-refractivity contribution in [2.45, 2.75) is 16.3 Å². The Balaban J connectivity index is 2.71. The first-order valence-corrected chi connectivity index (χ1v) is 6.72. The summed E-state index contributed by atoms with van der Waals surface area (Å²) in [5, 5.41) is 19.2. The zero-order chi connectivity index (χ0) is 12.0. The maximum atomic E-state index is 9.21. The van der Waals surface area contributed by atoms with E-state index < -0.39 is 6.10 Å². The van der Waals surface area contributed by atoms with Crippen LogP contribution in [0, 0.1) is 0 Å². The van der Waals surface area contributed by atoms with Crippen LogP contribution in [0.5, 0.6) is 0 Å². The van der Waals surface area contributed by atoms with E-state index in [1.54, 1.807) is 6.07 Å². The average Bonchev–Trinajstić information content (AvgIpc) is 2.35. The molecule has 0 bridgehead atoms. The fraction of sp³-hybridized carbons (Fsp3) is 0.500. The van der Waals surface area contributed by atoms with Crippen LogP contribution < -0.4 is 11.3 Å². The summed E-state index contributed by atoms with van der Waals surface area (Å²) in [5.74, 6) is 6.18. The molecule has 0 amide bonds. The van der Waals surface area contributed by atoms with E-state index in [1.165, 1.54) is 23.5 Å². The van der Waals surface area contributed by atoms with Gasteiger partial charge in [0.05, 0.1) is 12.7 Å². The number of rotatable bonds is 6. The predicted octanol–water partition coefficient (Wildman–Crippen LogP) is -0.0706. The molecule has 1 aromatic rings. The first-order valence-electron chi connectivity index (χ1n) is 4.51. The van der Waals surface area contributed by atoms with E-state index >= 15 is 0 Å². The smallest absolute Gasteiger partial charge is 0.190 e. The lowest BCUT2D eigenvalue weighted by Gasteiger charge is -2.08. The fourth-order valence-corrected chi connectivity index (χ4v) is 2.13. The van der Waals surface area contributed by atoms with E-state index in [0.717, 1.165) is 0 Å². The van der Waals surface area contributed by atoms with Gasteiger partial charge in [0.1, 0.15) is 10.8 Å². The van der Waals surface area contributed by atoms with Gasteiger partial charge in [-0.2, -0.15) is 0 Å². The lowest BCUT2D eigenvalue weighted by atomic mass is 10.4. The summed E-state index contributed by atoms with van der Waals surface area (Å²) in [5.41, 5.74) is 2.45. The largest absolute Gasteiger partial charge is 0.394 e. The van der Waals surface area contributed by atoms with Crippen molar-refractivity contribution >= 4 is 29.3 Å². The first kappa shape index (κ1) is 13.5. The Hall–Kier alpha value is -0.540. The molecule has 6 nitrogen and oxygen atoms in total. The second-order valence-electron chi connectivity index (χ2n) is 2.87. The molecular formula is C8H14N4O2S2. The normalized spacial score (nSPS) is 12.5. The first-order chi connectivity index (χ1) is 7.69. The summed E-state index contributed by atoms with van der Waals surface area (Å²) in [6, 6.07) is 1.69. The molecule has 0 fully saturated rings. The summed E-state index contributed by atoms with van der Waals surface area (Å²) < 4.78 is 0. The van der Waals surface area contributed by atoms with Crippen LogP contribution >= 0.6 is 23.5 Å². The number of nitrogens with one attached hydrogen (secondary N) is 1. The zero-order valence-electron chi connectivity index (χ0n) is 8.75. The van der Waals surface area contributed by atoms with Crippen molar-refractivity contribution in [3.05, 3.63) is 6.07 Å². The molecule has 0 radical (unpaired) electrons. The molecule has 0 aromatic carbocycles. The number of hydrogen-bond donors (Lipinski definition) is 4. The van der Waals surface area contributed by atoms with Gasteiger partial charge < -0.3 is 15.6 Å². The Bertz CT molecular complexity index is 318. The summed E-state index contributed by atoms with van der Waals surface area (Å²) >= 11 is 2.75. The molecule has 1 heterocycles. The van der Waals surface area contributed by atoms with Gasteiger partial charge in [0.2, 0.25) is 0 Å². The zero-order valence-corrected chi connectivity index (χ0v) is 10.4. The van der Waals surface area contributed by atoms with E-state index in [0.29, 0.717) is 21.8 Å². The molecule has 8 heteroatoms. The van der Waals surface area contributed by atoms with Crippen LogP contribution in [0.15, 0.2) is 16.2 Å². The number of aromatic nitrogens is 2. The molecule has 0 aliphatic carbocycles. The van der Waals surface area contributed by atoms with Gasteiger partial charge in [-0.25, -0.2) is 15.8 Å². The quantitative estimate of drug-likeness (QED) is 0.186. The highest BCUT2D eigenvalue weighted by atomic mass is 32.2. The van der Waals surface area contributed by atoms with Crippen molar-refractivity contribution in [1.82, 2.24) is 9.97 Å². The van der Waals surface area contributed by atoms with E-state index in [2.05, 4.69) is 15.4 Å². The summed E-state index contributed by atoms with van der Waals surface area (Å²) in [6.45, 7) is -0.254. The predicted molar refractivity (Wildman–Crippen MR) is 65.4 cm³/mol. The average molecular weight is 262 g/mol. The van der Waals surface area contributed by atoms with Crippen LogP contribution in [-0.2, 0) is 0 Å². The number of nitrogens with zero attached hydrogens (tertiary/aromatic N) is 2. The third-order valence-electron chi connectivity index (χ3n) is 1.65. The minimum atomic E-state index is -0.744. The summed E-state index contributed by atoms with van der Waals surface area (Å²) in [6.07, 6.45) is 1.12. The van der Waals surface area contributed by atoms with Gasteiger partial charge in [-0.3, -0.25) is 0 Å². The molecule has 1 atom stereocenters. The van der Waals surface area contributed by atoms with Crippen LogP contribution in [-0.4, -0.2) is 44.9 Å². The van der Waals surface area contributed by atoms with Crippen molar-refractivity contribution in [1.29, 1.82) is 0 Å². The van der Waals surface area contributed by atoms with Gasteiger partial charge in [-0.15, -0.1) is 11.8 Å². The van der Waals surface area contributed by atoms with Gasteiger partial charge in [0.15, 0.2) is 5.16 Å². The van der Waals surface area contributed by atoms with Crippen LogP contribution in [0.2, 0.25) is 0 Å². The molecule has 0 spiro atoms. The third-order valence-corrected chi connectivity index (χ3v) is 3.25. The standard InChI is InChI=1S/C8H14N4O2S2/c1-15-8-10-6(12-9)2-7(11-8)16-4-5(14)3-13/h2,5,13-14H,3-4,9H2,1H3,(H,10,11,12). The molecule has 0 saturated heterocycles. The monoisotopic (exact) mass is 262 g/mol. The highest BCUT2D eigenvalue weighted by Gasteiger charge is 2.07. The molecule has 1 aromatic heterocycles. The second kappa shape index (κ2) is 6.92. The molecule has 0 saturated carbocycles. The highest BCUT2D eigenvalue weighted by Crippen LogP contribution is 2.22. The lowest BCUT2D eigenvalue weighted by Crippen LogP contribution is -2.15. The molecule has 1 rings (SSSR count). The van der Waals surface area contributed by atoms with E-state index in [1.807, 2.05) is 6.26 Å². The number of nitrogen functional groups attached to an aromatic ring is 1. The SMILES string of the molecule is CSc1nc(NN)cc(SCC(O)CO)n1. The van der Waals surface area contributed by atoms with Crippen molar-refractivity contribution < 1.29 is 10.2 Å². The second-order valence-corrected chi connectivity index (χ2v) is 4.68. The third kappa shape index (κ3) is 4.14. The van der Waals surface area contributed by atoms with Gasteiger partial charge in [-0.05, 0) is 6.26 Å². The maximum absolute atomic E-state index is 9.21. The molecule has 0 aliphatic heterocycles. The van der Waals surface area contributed by atoms with E-state index in [-0.39, 0.29) is 6.61 Å². The molecule has 90 valence electrons. The molecule has 0 aliphatic rings. The fourth-order valence-electron chi connectivity index (χ4n) is 0.877. The number of aliphatic hydroxyl groups is 2. The van der Waals surface area contributed by atoms with Gasteiger partial charge in [0.25, 0.3) is 0 Å². The van der Waals surface area contributed by atoms with Crippen LogP contribution in [0.1, 0.15) is 0 Å². The lowest BCUT2D eigenvalue weighted by molar-refractivity contribution is 0.113. The van der Waals surface area contributed by atoms with Gasteiger partial charge >= 0.3 is 0 Å². The number of hydrogen-bond acceptors (Lipinski definition) is 8. The number of anilines is 1. The Morgan fingerprint density at radius 2 is 2.31 bits per heavy atom. The summed E-state index contributed by atoms with van der Waals surface area (Å²) in [7, 11) is 0. The summed E-state index contributed by atoms with van der Waals surface area (Å²) in [4.78, 5) is 8.34. The molecule has 5 N–H and O–H groups in total. The minimum Gasteiger partial charge on any atom is -0.394 e. The Labute approximate surface area is 102 Å². The Morgan fingerprint density at radius 1 is 1.56 bits per heavy atom. The van der Waals surface area contributed by atoms with E-state index in [9.17, 15) is 5.11 Å². The van der Waals surface area contributed by atoms with Crippen LogP contribution in [0.25, 0.3) is 0 Å². The van der Waals surface area contributed by atoms with Crippen LogP contribution in [0.4, 0.5) is 5.82 Å². The number of hydrazine groups is 1. The van der Waals surface area contributed by atoms with Crippen molar-refractivity contribution in [3.63, 3.8) is 0 Å². The van der Waals surface area contributed by atoms with Crippen LogP contribution in [0.3, 0.4) is 0 Å². The molecule has 1 unspecified atom stereocenters. The van der Waals surface area contributed by atoms with Crippen molar-refractivity contribution in [2.24, 2.45) is 5.84 Å². The topological polar surface area (TPSA) is 104 Å². The highest BCUT2D eigenvalue weighted by molar-refractivity contribution is 7.99. The number of nitrogens with two attached hydrogens (primary N) is 1. The number of aliphatic hydroxyl groups excluding tert-OH is 2. The molecular weight excluding hydrogens is 248 g/mol. The minimum absolute atomic E-state index is 0.254. The van der Waals surface area contributed by atoms with Crippen molar-refractivity contribution in [2.75, 3.05) is 24.0 Å². The van der Waals surface area contributed by atoms with Crippen molar-refractivity contribution in [3.8, 4) is 0 Å². The molecule has 16 heavy (non-hydrogen) atoms.